The highest BCUT2D eigenvalue weighted by Gasteiger charge is 2.27. The van der Waals surface area contributed by atoms with Gasteiger partial charge in [-0.1, -0.05) is 41.4 Å². The minimum Gasteiger partial charge on any atom is -0.493 e. The van der Waals surface area contributed by atoms with Crippen LogP contribution in [0.3, 0.4) is 0 Å². The fourth-order valence-corrected chi connectivity index (χ4v) is 3.98. The first kappa shape index (κ1) is 18.0. The summed E-state index contributed by atoms with van der Waals surface area (Å²) in [6.45, 7) is 2.03. The zero-order valence-electron chi connectivity index (χ0n) is 13.3. The van der Waals surface area contributed by atoms with Gasteiger partial charge in [0.05, 0.1) is 22.5 Å². The van der Waals surface area contributed by atoms with Crippen molar-refractivity contribution >= 4 is 46.4 Å². The van der Waals surface area contributed by atoms with Crippen LogP contribution in [0.4, 0.5) is 0 Å². The van der Waals surface area contributed by atoms with Gasteiger partial charge in [-0.05, 0) is 19.1 Å². The van der Waals surface area contributed by atoms with E-state index >= 15 is 0 Å². The summed E-state index contributed by atoms with van der Waals surface area (Å²) < 4.78 is 11.4. The summed E-state index contributed by atoms with van der Waals surface area (Å²) in [5.74, 6) is -0.306. The van der Waals surface area contributed by atoms with E-state index < -0.39 is 12.1 Å². The van der Waals surface area contributed by atoms with Gasteiger partial charge in [0, 0.05) is 12.0 Å². The van der Waals surface area contributed by atoms with Crippen molar-refractivity contribution in [3.63, 3.8) is 0 Å². The van der Waals surface area contributed by atoms with Gasteiger partial charge in [-0.3, -0.25) is 4.79 Å². The van der Waals surface area contributed by atoms with Gasteiger partial charge < -0.3 is 14.8 Å². The second kappa shape index (κ2) is 7.64. The number of hydrogen-bond donors (Lipinski definition) is 1. The Bertz CT molecular complexity index is 808. The van der Waals surface area contributed by atoms with Crippen molar-refractivity contribution in [1.82, 2.24) is 5.32 Å². The highest BCUT2D eigenvalue weighted by molar-refractivity contribution is 7.20. The monoisotopic (exact) mass is 399 g/mol. The molecule has 2 aromatic rings. The first-order valence-electron chi connectivity index (χ1n) is 7.63. The van der Waals surface area contributed by atoms with Crippen LogP contribution >= 0.6 is 34.5 Å². The van der Waals surface area contributed by atoms with Crippen molar-refractivity contribution in [3.05, 3.63) is 50.1 Å². The Hall–Kier alpha value is -1.76. The number of hydrogen-bond acceptors (Lipinski definition) is 5. The minimum atomic E-state index is -0.961. The Morgan fingerprint density at radius 2 is 2.12 bits per heavy atom. The smallest absolute Gasteiger partial charge is 0.341 e. The van der Waals surface area contributed by atoms with E-state index in [1.165, 1.54) is 13.0 Å². The van der Waals surface area contributed by atoms with Crippen molar-refractivity contribution in [3.8, 4) is 5.75 Å². The average molecular weight is 400 g/mol. The highest BCUT2D eigenvalue weighted by atomic mass is 35.5. The van der Waals surface area contributed by atoms with E-state index in [9.17, 15) is 9.59 Å². The molecule has 2 atom stereocenters. The second-order valence-electron chi connectivity index (χ2n) is 5.52. The van der Waals surface area contributed by atoms with Crippen molar-refractivity contribution in [2.45, 2.75) is 25.5 Å². The predicted octanol–water partition coefficient (Wildman–Crippen LogP) is 4.24. The number of halogens is 2. The zero-order valence-corrected chi connectivity index (χ0v) is 15.6. The molecule has 0 radical (unpaired) electrons. The van der Waals surface area contributed by atoms with Crippen LogP contribution in [0.2, 0.25) is 8.67 Å². The van der Waals surface area contributed by atoms with Gasteiger partial charge in [-0.25, -0.2) is 4.79 Å². The molecule has 1 aliphatic rings. The maximum atomic E-state index is 12.4. The van der Waals surface area contributed by atoms with E-state index in [0.29, 0.717) is 17.4 Å². The maximum absolute atomic E-state index is 12.4. The quantitative estimate of drug-likeness (QED) is 0.780. The molecule has 0 bridgehead atoms. The van der Waals surface area contributed by atoms with Crippen molar-refractivity contribution in [2.75, 3.05) is 6.61 Å². The Morgan fingerprint density at radius 1 is 1.36 bits per heavy atom. The van der Waals surface area contributed by atoms with E-state index in [1.54, 1.807) is 0 Å². The van der Waals surface area contributed by atoms with Gasteiger partial charge in [0.25, 0.3) is 5.91 Å². The molecule has 1 amide bonds. The zero-order chi connectivity index (χ0) is 18.0. The number of carbonyl (C=O) groups is 2. The molecule has 1 N–H and O–H groups in total. The Balaban J connectivity index is 1.64. The summed E-state index contributed by atoms with van der Waals surface area (Å²) in [7, 11) is 0. The molecule has 5 nitrogen and oxygen atoms in total. The molecule has 0 fully saturated rings. The summed E-state index contributed by atoms with van der Waals surface area (Å²) >= 11 is 12.8. The summed E-state index contributed by atoms with van der Waals surface area (Å²) in [5.41, 5.74) is 1.07. The summed E-state index contributed by atoms with van der Waals surface area (Å²) in [4.78, 5) is 24.5. The molecule has 1 aliphatic heterocycles. The number of amides is 1. The number of nitrogens with one attached hydrogen (secondary N) is 1. The number of thiophene rings is 1. The van der Waals surface area contributed by atoms with Crippen molar-refractivity contribution in [2.24, 2.45) is 0 Å². The molecule has 1 aromatic heterocycles. The summed E-state index contributed by atoms with van der Waals surface area (Å²) in [6.07, 6.45) is -0.313. The molecule has 3 rings (SSSR count). The Kier molecular flexibility index (Phi) is 5.51. The van der Waals surface area contributed by atoms with E-state index in [1.807, 2.05) is 24.3 Å². The Morgan fingerprint density at radius 3 is 2.84 bits per heavy atom. The average Bonchev–Trinajstić information content (AvgIpc) is 2.93. The molecular formula is C17H15Cl2NO4S. The van der Waals surface area contributed by atoms with Crippen LogP contribution < -0.4 is 10.1 Å². The van der Waals surface area contributed by atoms with Gasteiger partial charge >= 0.3 is 5.97 Å². The van der Waals surface area contributed by atoms with E-state index in [2.05, 4.69) is 5.32 Å². The standard InChI is InChI=1S/C17H15Cl2NO4S/c1-9(24-17(22)11-8-14(18)25-15(11)19)16(21)20-12-6-7-23-13-5-3-2-4-10(12)13/h2-5,8-9,12H,6-7H2,1H3,(H,20,21). The molecule has 0 saturated heterocycles. The number of fused-ring (bicyclic) bond motifs is 1. The van der Waals surface area contributed by atoms with Crippen LogP contribution in [0.1, 0.15) is 35.3 Å². The topological polar surface area (TPSA) is 64.6 Å². The molecule has 132 valence electrons. The number of rotatable bonds is 4. The molecule has 2 unspecified atom stereocenters. The van der Waals surface area contributed by atoms with Crippen molar-refractivity contribution in [1.29, 1.82) is 0 Å². The normalized spacial score (nSPS) is 17.2. The number of carbonyl (C=O) groups excluding carboxylic acids is 2. The molecule has 0 spiro atoms. The van der Waals surface area contributed by atoms with Crippen LogP contribution in [0.25, 0.3) is 0 Å². The van der Waals surface area contributed by atoms with E-state index in [-0.39, 0.29) is 21.8 Å². The fraction of sp³-hybridized carbons (Fsp3) is 0.294. The van der Waals surface area contributed by atoms with Crippen LogP contribution in [-0.2, 0) is 9.53 Å². The lowest BCUT2D eigenvalue weighted by atomic mass is 10.0. The third-order valence-electron chi connectivity index (χ3n) is 3.80. The molecule has 0 saturated carbocycles. The van der Waals surface area contributed by atoms with Gasteiger partial charge in [0.2, 0.25) is 0 Å². The van der Waals surface area contributed by atoms with Crippen LogP contribution in [0.5, 0.6) is 5.75 Å². The molecule has 8 heteroatoms. The van der Waals surface area contributed by atoms with Gasteiger partial charge in [0.1, 0.15) is 10.1 Å². The van der Waals surface area contributed by atoms with Gasteiger partial charge in [0.15, 0.2) is 6.10 Å². The lowest BCUT2D eigenvalue weighted by Gasteiger charge is -2.27. The predicted molar refractivity (Wildman–Crippen MR) is 96.7 cm³/mol. The van der Waals surface area contributed by atoms with Crippen LogP contribution in [-0.4, -0.2) is 24.6 Å². The van der Waals surface area contributed by atoms with Crippen LogP contribution in [0.15, 0.2) is 30.3 Å². The van der Waals surface area contributed by atoms with E-state index in [0.717, 1.165) is 22.6 Å². The minimum absolute atomic E-state index is 0.160. The third-order valence-corrected chi connectivity index (χ3v) is 5.29. The maximum Gasteiger partial charge on any atom is 0.341 e. The molecule has 0 aliphatic carbocycles. The van der Waals surface area contributed by atoms with Gasteiger partial charge in [-0.2, -0.15) is 0 Å². The van der Waals surface area contributed by atoms with Gasteiger partial charge in [-0.15, -0.1) is 11.3 Å². The number of ether oxygens (including phenoxy) is 2. The molecular weight excluding hydrogens is 385 g/mol. The first-order chi connectivity index (χ1) is 12.0. The number of esters is 1. The van der Waals surface area contributed by atoms with Crippen molar-refractivity contribution < 1.29 is 19.1 Å². The lowest BCUT2D eigenvalue weighted by Crippen LogP contribution is -2.39. The first-order valence-corrected chi connectivity index (χ1v) is 9.21. The highest BCUT2D eigenvalue weighted by Crippen LogP contribution is 2.33. The fourth-order valence-electron chi connectivity index (χ4n) is 2.54. The summed E-state index contributed by atoms with van der Waals surface area (Å²) in [6, 6.07) is 8.78. The molecule has 2 heterocycles. The van der Waals surface area contributed by atoms with Crippen LogP contribution in [0, 0.1) is 0 Å². The molecule has 25 heavy (non-hydrogen) atoms. The Labute approximate surface area is 158 Å². The van der Waals surface area contributed by atoms with E-state index in [4.69, 9.17) is 32.7 Å². The molecule has 1 aromatic carbocycles. The SMILES string of the molecule is CC(OC(=O)c1cc(Cl)sc1Cl)C(=O)NC1CCOc2ccccc21. The lowest BCUT2D eigenvalue weighted by molar-refractivity contribution is -0.130. The second-order valence-corrected chi connectivity index (χ2v) is 7.81. The summed E-state index contributed by atoms with van der Waals surface area (Å²) in [5, 5.41) is 2.90. The number of para-hydroxylation sites is 1. The largest absolute Gasteiger partial charge is 0.493 e. The third kappa shape index (κ3) is 4.08. The number of benzene rings is 1.